The van der Waals surface area contributed by atoms with Crippen LogP contribution in [0.4, 0.5) is 4.79 Å². The highest BCUT2D eigenvalue weighted by Gasteiger charge is 2.48. The van der Waals surface area contributed by atoms with E-state index in [1.807, 2.05) is 20.8 Å². The summed E-state index contributed by atoms with van der Waals surface area (Å²) < 4.78 is 15.0. The van der Waals surface area contributed by atoms with Crippen LogP contribution in [-0.2, 0) is 19.0 Å². The molecule has 0 heterocycles. The van der Waals surface area contributed by atoms with Crippen LogP contribution in [0.15, 0.2) is 18.2 Å². The second kappa shape index (κ2) is 10.0. The van der Waals surface area contributed by atoms with Gasteiger partial charge in [0.05, 0.1) is 13.7 Å². The minimum atomic E-state index is -2.15. The number of ether oxygens (including phenoxy) is 3. The maximum absolute atomic E-state index is 12.4. The van der Waals surface area contributed by atoms with Crippen molar-refractivity contribution in [3.05, 3.63) is 23.8 Å². The summed E-state index contributed by atoms with van der Waals surface area (Å²) in [6.07, 6.45) is 0.693. The Bertz CT molecular complexity index is 649. The zero-order chi connectivity index (χ0) is 20.6. The van der Waals surface area contributed by atoms with Crippen molar-refractivity contribution in [3.8, 4) is 11.5 Å². The molecule has 0 bridgehead atoms. The summed E-state index contributed by atoms with van der Waals surface area (Å²) in [7, 11) is 1.13. The minimum absolute atomic E-state index is 0.128. The number of hydrogen-bond acceptors (Lipinski definition) is 8. The molecule has 0 aliphatic heterocycles. The van der Waals surface area contributed by atoms with Crippen molar-refractivity contribution in [2.45, 2.75) is 51.7 Å². The highest BCUT2D eigenvalue weighted by molar-refractivity contribution is 5.82. The smallest absolute Gasteiger partial charge is 0.504 e. The maximum atomic E-state index is 12.4. The maximum Gasteiger partial charge on any atom is 0.510 e. The minimum Gasteiger partial charge on any atom is -0.504 e. The van der Waals surface area contributed by atoms with E-state index in [0.717, 1.165) is 13.5 Å². The highest BCUT2D eigenvalue weighted by Crippen LogP contribution is 2.37. The van der Waals surface area contributed by atoms with Crippen LogP contribution in [0.2, 0.25) is 0 Å². The highest BCUT2D eigenvalue weighted by atomic mass is 16.7. The molecule has 0 spiro atoms. The van der Waals surface area contributed by atoms with E-state index in [2.05, 4.69) is 0 Å². The summed E-state index contributed by atoms with van der Waals surface area (Å²) in [4.78, 5) is 24.6. The van der Waals surface area contributed by atoms with Gasteiger partial charge in [-0.1, -0.05) is 39.7 Å². The van der Waals surface area contributed by atoms with Crippen molar-refractivity contribution < 1.29 is 34.0 Å². The molecule has 0 saturated heterocycles. The molecule has 27 heavy (non-hydrogen) atoms. The first-order valence-electron chi connectivity index (χ1n) is 8.94. The molecular formula is C19H29NO7. The van der Waals surface area contributed by atoms with Crippen LogP contribution in [0, 0.1) is 5.92 Å². The molecule has 4 N–H and O–H groups in total. The monoisotopic (exact) mass is 383 g/mol. The summed E-state index contributed by atoms with van der Waals surface area (Å²) in [6, 6.07) is 4.04. The van der Waals surface area contributed by atoms with Crippen molar-refractivity contribution in [1.82, 2.24) is 0 Å². The Hall–Kier alpha value is -2.48. The molecule has 8 nitrogen and oxygen atoms in total. The number of esters is 1. The predicted molar refractivity (Wildman–Crippen MR) is 98.2 cm³/mol. The van der Waals surface area contributed by atoms with Crippen molar-refractivity contribution in [2.24, 2.45) is 11.7 Å². The number of hydrogen-bond donors (Lipinski definition) is 3. The average molecular weight is 383 g/mol. The molecule has 0 saturated carbocycles. The molecule has 0 aliphatic carbocycles. The Balaban J connectivity index is 3.19. The summed E-state index contributed by atoms with van der Waals surface area (Å²) >= 11 is 0. The van der Waals surface area contributed by atoms with Gasteiger partial charge in [0.1, 0.15) is 0 Å². The third kappa shape index (κ3) is 5.75. The van der Waals surface area contributed by atoms with E-state index in [1.165, 1.54) is 18.2 Å². The summed E-state index contributed by atoms with van der Waals surface area (Å²) in [5, 5.41) is 19.3. The molecule has 1 rings (SSSR count). The normalized spacial score (nSPS) is 15.3. The molecule has 8 heteroatoms. The number of rotatable bonds is 9. The van der Waals surface area contributed by atoms with Crippen molar-refractivity contribution in [2.75, 3.05) is 13.7 Å². The van der Waals surface area contributed by atoms with Crippen LogP contribution in [0.1, 0.15) is 51.5 Å². The molecule has 0 aliphatic rings. The standard InChI is InChI=1S/C19H29NO7/c1-5-7-14(13-8-9-15(21)16(22)10-13)19(20,17(23)25-4)27-18(24)26-11-12(3)6-2/h8-10,12,14,21-22H,5-7,11,20H2,1-4H3/t12-,14?,19+/m1/s1. The fourth-order valence-corrected chi connectivity index (χ4v) is 2.58. The van der Waals surface area contributed by atoms with Crippen LogP contribution in [-0.4, -0.2) is 41.8 Å². The lowest BCUT2D eigenvalue weighted by atomic mass is 9.84. The fraction of sp³-hybridized carbons (Fsp3) is 0.579. The third-order valence-corrected chi connectivity index (χ3v) is 4.44. The Morgan fingerprint density at radius 1 is 1.22 bits per heavy atom. The van der Waals surface area contributed by atoms with Gasteiger partial charge >= 0.3 is 12.1 Å². The molecule has 0 amide bonds. The van der Waals surface area contributed by atoms with Gasteiger partial charge in [-0.2, -0.15) is 0 Å². The molecule has 0 radical (unpaired) electrons. The summed E-state index contributed by atoms with van der Waals surface area (Å²) in [6.45, 7) is 5.86. The first kappa shape index (κ1) is 22.6. The first-order valence-corrected chi connectivity index (χ1v) is 8.94. The number of carbonyl (C=O) groups is 2. The van der Waals surface area contributed by atoms with Crippen molar-refractivity contribution in [1.29, 1.82) is 0 Å². The van der Waals surface area contributed by atoms with E-state index in [0.29, 0.717) is 18.4 Å². The number of methoxy groups -OCH3 is 1. The van der Waals surface area contributed by atoms with Crippen molar-refractivity contribution in [3.63, 3.8) is 0 Å². The molecular weight excluding hydrogens is 354 g/mol. The van der Waals surface area contributed by atoms with Gasteiger partial charge in [-0.05, 0) is 30.0 Å². The number of carbonyl (C=O) groups excluding carboxylic acids is 2. The quantitative estimate of drug-likeness (QED) is 0.337. The zero-order valence-electron chi connectivity index (χ0n) is 16.2. The topological polar surface area (TPSA) is 128 Å². The number of nitrogens with two attached hydrogens (primary N) is 1. The van der Waals surface area contributed by atoms with Gasteiger partial charge in [0.25, 0.3) is 5.72 Å². The number of aromatic hydroxyl groups is 2. The second-order valence-corrected chi connectivity index (χ2v) is 6.55. The Morgan fingerprint density at radius 2 is 1.89 bits per heavy atom. The van der Waals surface area contributed by atoms with Gasteiger partial charge < -0.3 is 24.4 Å². The predicted octanol–water partition coefficient (Wildman–Crippen LogP) is 3.01. The molecule has 0 fully saturated rings. The van der Waals surface area contributed by atoms with E-state index < -0.39 is 23.8 Å². The molecule has 152 valence electrons. The molecule has 1 aromatic rings. The lowest BCUT2D eigenvalue weighted by molar-refractivity contribution is -0.168. The van der Waals surface area contributed by atoms with E-state index >= 15 is 0 Å². The zero-order valence-corrected chi connectivity index (χ0v) is 16.2. The first-order chi connectivity index (χ1) is 12.7. The molecule has 3 atom stereocenters. The van der Waals surface area contributed by atoms with Crippen molar-refractivity contribution >= 4 is 12.1 Å². The molecule has 0 aromatic heterocycles. The lowest BCUT2D eigenvalue weighted by Crippen LogP contribution is -2.57. The van der Waals surface area contributed by atoms with Crippen LogP contribution in [0.3, 0.4) is 0 Å². The van der Waals surface area contributed by atoms with E-state index in [4.69, 9.17) is 19.9 Å². The Labute approximate surface area is 159 Å². The number of phenols is 2. The van der Waals surface area contributed by atoms with Crippen LogP contribution < -0.4 is 5.73 Å². The average Bonchev–Trinajstić information content (AvgIpc) is 2.65. The van der Waals surface area contributed by atoms with Gasteiger partial charge in [-0.25, -0.2) is 9.59 Å². The van der Waals surface area contributed by atoms with Crippen LogP contribution in [0.5, 0.6) is 11.5 Å². The number of benzene rings is 1. The SMILES string of the molecule is CCCC(c1ccc(O)c(O)c1)[C@](N)(OC(=O)OC[C@H](C)CC)C(=O)OC. The van der Waals surface area contributed by atoms with Gasteiger partial charge in [0.15, 0.2) is 11.5 Å². The molecule has 1 aromatic carbocycles. The van der Waals surface area contributed by atoms with Crippen LogP contribution >= 0.6 is 0 Å². The van der Waals surface area contributed by atoms with Gasteiger partial charge in [-0.15, -0.1) is 0 Å². The van der Waals surface area contributed by atoms with Gasteiger partial charge in [0.2, 0.25) is 0 Å². The Kier molecular flexibility index (Phi) is 8.36. The third-order valence-electron chi connectivity index (χ3n) is 4.44. The van der Waals surface area contributed by atoms with E-state index in [1.54, 1.807) is 0 Å². The fourth-order valence-electron chi connectivity index (χ4n) is 2.58. The lowest BCUT2D eigenvalue weighted by Gasteiger charge is -2.34. The summed E-state index contributed by atoms with van der Waals surface area (Å²) in [5.41, 5.74) is 4.46. The largest absolute Gasteiger partial charge is 0.510 e. The second-order valence-electron chi connectivity index (χ2n) is 6.55. The van der Waals surface area contributed by atoms with E-state index in [9.17, 15) is 19.8 Å². The van der Waals surface area contributed by atoms with Gasteiger partial charge in [-0.3, -0.25) is 5.73 Å². The Morgan fingerprint density at radius 3 is 2.41 bits per heavy atom. The van der Waals surface area contributed by atoms with Crippen LogP contribution in [0.25, 0.3) is 0 Å². The number of phenolic OH excluding ortho intramolecular Hbond substituents is 2. The van der Waals surface area contributed by atoms with Gasteiger partial charge in [0, 0.05) is 5.92 Å². The molecule has 1 unspecified atom stereocenters. The van der Waals surface area contributed by atoms with E-state index in [-0.39, 0.29) is 24.0 Å². The summed E-state index contributed by atoms with van der Waals surface area (Å²) in [5.74, 6) is -2.33.